The van der Waals surface area contributed by atoms with Crippen LogP contribution in [0.4, 0.5) is 0 Å². The minimum Gasteiger partial charge on any atom is -0.491 e. The molecule has 0 radical (unpaired) electrons. The SMILES string of the molecule is Cc1c2c3cc(ccc3n1C)OC[C@@H]1C[C@@H](NC(=O)Cc3ccccc3)CN1C(=O)CN(C)C(=O)CC[C@@H](C(=O)NCCN(C)C)N(C)C2=O. The molecule has 50 heavy (non-hydrogen) atoms. The van der Waals surface area contributed by atoms with Crippen LogP contribution in [0.3, 0.4) is 0 Å². The molecule has 2 bridgehead atoms. The molecule has 1 fully saturated rings. The highest BCUT2D eigenvalue weighted by Gasteiger charge is 2.38. The predicted octanol–water partition coefficient (Wildman–Crippen LogP) is 1.56. The van der Waals surface area contributed by atoms with Crippen LogP contribution in [0.25, 0.3) is 10.9 Å². The molecular formula is C37H49N7O6. The second kappa shape index (κ2) is 15.8. The molecule has 13 heteroatoms. The molecule has 3 aromatic rings. The number of nitrogens with zero attached hydrogens (tertiary/aromatic N) is 5. The molecule has 0 unspecified atom stereocenters. The monoisotopic (exact) mass is 687 g/mol. The summed E-state index contributed by atoms with van der Waals surface area (Å²) in [6, 6.07) is 13.4. The van der Waals surface area contributed by atoms with Crippen LogP contribution in [0.15, 0.2) is 48.5 Å². The fraction of sp³-hybridized carbons (Fsp3) is 0.486. The molecule has 2 aromatic carbocycles. The first-order chi connectivity index (χ1) is 23.8. The van der Waals surface area contributed by atoms with E-state index in [1.54, 1.807) is 19.0 Å². The van der Waals surface area contributed by atoms with Crippen molar-refractivity contribution in [3.63, 3.8) is 0 Å². The number of rotatable bonds is 7. The normalized spacial score (nSPS) is 20.7. The Hall–Kier alpha value is -4.91. The molecule has 1 saturated heterocycles. The lowest BCUT2D eigenvalue weighted by molar-refractivity contribution is -0.140. The summed E-state index contributed by atoms with van der Waals surface area (Å²) < 4.78 is 8.23. The first-order valence-electron chi connectivity index (χ1n) is 17.1. The van der Waals surface area contributed by atoms with Gasteiger partial charge in [-0.05, 0) is 57.6 Å². The van der Waals surface area contributed by atoms with Crippen LogP contribution in [0, 0.1) is 6.92 Å². The molecule has 3 atom stereocenters. The van der Waals surface area contributed by atoms with E-state index in [0.29, 0.717) is 36.2 Å². The maximum absolute atomic E-state index is 14.2. The summed E-state index contributed by atoms with van der Waals surface area (Å²) in [7, 11) is 8.84. The Morgan fingerprint density at radius 2 is 1.74 bits per heavy atom. The van der Waals surface area contributed by atoms with Crippen LogP contribution in [0.5, 0.6) is 5.75 Å². The molecule has 5 rings (SSSR count). The average Bonchev–Trinajstić information content (AvgIpc) is 3.59. The van der Waals surface area contributed by atoms with Crippen molar-refractivity contribution in [2.45, 2.75) is 50.7 Å². The Morgan fingerprint density at radius 1 is 1.00 bits per heavy atom. The highest BCUT2D eigenvalue weighted by atomic mass is 16.5. The summed E-state index contributed by atoms with van der Waals surface area (Å²) in [6.07, 6.45) is 0.741. The maximum Gasteiger partial charge on any atom is 0.256 e. The van der Waals surface area contributed by atoms with E-state index < -0.39 is 6.04 Å². The number of hydrogen-bond donors (Lipinski definition) is 2. The van der Waals surface area contributed by atoms with Gasteiger partial charge in [0.1, 0.15) is 18.4 Å². The van der Waals surface area contributed by atoms with Gasteiger partial charge in [0.05, 0.1) is 24.6 Å². The number of ether oxygens (including phenoxy) is 1. The van der Waals surface area contributed by atoms with Gasteiger partial charge in [0.15, 0.2) is 0 Å². The van der Waals surface area contributed by atoms with E-state index in [-0.39, 0.29) is 80.6 Å². The number of aromatic nitrogens is 1. The van der Waals surface area contributed by atoms with E-state index in [9.17, 15) is 24.0 Å². The minimum absolute atomic E-state index is 0.0451. The van der Waals surface area contributed by atoms with Crippen molar-refractivity contribution in [2.75, 3.05) is 61.0 Å². The number of hydrogen-bond acceptors (Lipinski definition) is 7. The van der Waals surface area contributed by atoms with Crippen LogP contribution in [0.1, 0.15) is 40.9 Å². The Labute approximate surface area is 293 Å². The second-order valence-corrected chi connectivity index (χ2v) is 13.7. The first-order valence-corrected chi connectivity index (χ1v) is 17.1. The van der Waals surface area contributed by atoms with Gasteiger partial charge in [0, 0.05) is 69.8 Å². The molecular weight excluding hydrogens is 638 g/mol. The zero-order chi connectivity index (χ0) is 36.1. The number of amides is 5. The van der Waals surface area contributed by atoms with Crippen LogP contribution in [-0.2, 0) is 32.6 Å². The molecule has 2 aliphatic rings. The third-order valence-electron chi connectivity index (χ3n) is 9.81. The zero-order valence-electron chi connectivity index (χ0n) is 29.9. The molecule has 0 aliphatic carbocycles. The molecule has 2 aliphatic heterocycles. The Kier molecular flexibility index (Phi) is 11.5. The van der Waals surface area contributed by atoms with Crippen molar-refractivity contribution in [3.05, 3.63) is 65.4 Å². The van der Waals surface area contributed by atoms with Gasteiger partial charge in [-0.3, -0.25) is 24.0 Å². The van der Waals surface area contributed by atoms with Crippen LogP contribution < -0.4 is 15.4 Å². The molecule has 0 spiro atoms. The summed E-state index contributed by atoms with van der Waals surface area (Å²) in [5, 5.41) is 6.68. The van der Waals surface area contributed by atoms with E-state index in [1.165, 1.54) is 9.80 Å². The average molecular weight is 688 g/mol. The molecule has 3 heterocycles. The van der Waals surface area contributed by atoms with Crippen molar-refractivity contribution < 1.29 is 28.7 Å². The summed E-state index contributed by atoms with van der Waals surface area (Å²) >= 11 is 0. The summed E-state index contributed by atoms with van der Waals surface area (Å²) in [4.78, 5) is 74.3. The van der Waals surface area contributed by atoms with Crippen LogP contribution in [0.2, 0.25) is 0 Å². The predicted molar refractivity (Wildman–Crippen MR) is 190 cm³/mol. The van der Waals surface area contributed by atoms with Crippen LogP contribution >= 0.6 is 0 Å². The molecule has 0 saturated carbocycles. The lowest BCUT2D eigenvalue weighted by atomic mass is 10.0. The number of carbonyl (C=O) groups excluding carboxylic acids is 5. The standard InChI is InChI=1S/C37H49N7O6/c1-24-35-29-20-28(12-13-30(29)42(24)5)50-23-27-19-26(39-32(45)18-25-10-8-7-9-11-25)21-44(27)34(47)22-41(4)33(46)15-14-31(43(6)37(35)49)36(48)38-16-17-40(2)3/h7-13,20,26-27,31H,14-19,21-23H2,1-6H3,(H,38,48)(H,39,45)/t26-,27+,31+/m1/s1. The third kappa shape index (κ3) is 8.27. The van der Waals surface area contributed by atoms with Crippen molar-refractivity contribution >= 4 is 40.4 Å². The third-order valence-corrected chi connectivity index (χ3v) is 9.81. The number of benzene rings is 2. The fourth-order valence-electron chi connectivity index (χ4n) is 6.82. The largest absolute Gasteiger partial charge is 0.491 e. The molecule has 1 aromatic heterocycles. The number of likely N-dealkylation sites (N-methyl/N-ethyl adjacent to an activating group) is 3. The summed E-state index contributed by atoms with van der Waals surface area (Å²) in [5.74, 6) is -0.883. The van der Waals surface area contributed by atoms with E-state index in [4.69, 9.17) is 4.74 Å². The van der Waals surface area contributed by atoms with Gasteiger partial charge >= 0.3 is 0 Å². The number of aryl methyl sites for hydroxylation is 1. The maximum atomic E-state index is 14.2. The highest BCUT2D eigenvalue weighted by molar-refractivity contribution is 6.09. The topological polar surface area (TPSA) is 137 Å². The van der Waals surface area contributed by atoms with Gasteiger partial charge in [-0.15, -0.1) is 0 Å². The molecule has 268 valence electrons. The molecule has 13 nitrogen and oxygen atoms in total. The summed E-state index contributed by atoms with van der Waals surface area (Å²) in [5.41, 5.74) is 2.91. The van der Waals surface area contributed by atoms with Gasteiger partial charge in [0.2, 0.25) is 23.6 Å². The smallest absolute Gasteiger partial charge is 0.256 e. The Balaban J connectivity index is 1.44. The van der Waals surface area contributed by atoms with E-state index >= 15 is 0 Å². The molecule has 2 N–H and O–H groups in total. The second-order valence-electron chi connectivity index (χ2n) is 13.7. The van der Waals surface area contributed by atoms with Gasteiger partial charge in [0.25, 0.3) is 5.91 Å². The van der Waals surface area contributed by atoms with Gasteiger partial charge in [-0.2, -0.15) is 0 Å². The van der Waals surface area contributed by atoms with Crippen molar-refractivity contribution in [3.8, 4) is 5.75 Å². The van der Waals surface area contributed by atoms with E-state index in [2.05, 4.69) is 10.6 Å². The molecule has 5 amide bonds. The fourth-order valence-corrected chi connectivity index (χ4v) is 6.82. The van der Waals surface area contributed by atoms with E-state index in [1.807, 2.05) is 86.1 Å². The highest BCUT2D eigenvalue weighted by Crippen LogP contribution is 2.31. The van der Waals surface area contributed by atoms with Gasteiger partial charge < -0.3 is 39.5 Å². The Morgan fingerprint density at radius 3 is 2.46 bits per heavy atom. The first kappa shape index (κ1) is 36.4. The number of nitrogens with one attached hydrogen (secondary N) is 2. The zero-order valence-corrected chi connectivity index (χ0v) is 29.9. The minimum atomic E-state index is -0.925. The van der Waals surface area contributed by atoms with E-state index in [0.717, 1.165) is 16.8 Å². The quantitative estimate of drug-likeness (QED) is 0.385. The summed E-state index contributed by atoms with van der Waals surface area (Å²) in [6.45, 7) is 3.12. The Bertz CT molecular complexity index is 1740. The lowest BCUT2D eigenvalue weighted by Gasteiger charge is -2.29. The van der Waals surface area contributed by atoms with Crippen molar-refractivity contribution in [1.82, 2.24) is 34.8 Å². The van der Waals surface area contributed by atoms with Crippen molar-refractivity contribution in [1.29, 1.82) is 0 Å². The number of fused-ring (bicyclic) bond motifs is 2. The van der Waals surface area contributed by atoms with Crippen LogP contribution in [-0.4, -0.2) is 133 Å². The number of carbonyl (C=O) groups is 5. The van der Waals surface area contributed by atoms with Gasteiger partial charge in [-0.1, -0.05) is 30.3 Å². The van der Waals surface area contributed by atoms with Gasteiger partial charge in [-0.25, -0.2) is 0 Å². The van der Waals surface area contributed by atoms with Crippen molar-refractivity contribution in [2.24, 2.45) is 7.05 Å². The lowest BCUT2D eigenvalue weighted by Crippen LogP contribution is -2.49.